The van der Waals surface area contributed by atoms with Gasteiger partial charge < -0.3 is 14.2 Å². The number of carbonyl (C=O) groups excluding carboxylic acids is 2. The van der Waals surface area contributed by atoms with Crippen LogP contribution >= 0.6 is 0 Å². The number of carbonyl (C=O) groups is 2. The van der Waals surface area contributed by atoms with Gasteiger partial charge in [0.05, 0.1) is 19.3 Å². The minimum Gasteiger partial charge on any atom is -0.465 e. The Morgan fingerprint density at radius 2 is 1.67 bits per heavy atom. The molecule has 0 saturated carbocycles. The van der Waals surface area contributed by atoms with Crippen molar-refractivity contribution in [3.05, 3.63) is 47.8 Å². The molecule has 5 nitrogen and oxygen atoms in total. The summed E-state index contributed by atoms with van der Waals surface area (Å²) in [5.74, 6) is -1.68. The molecule has 6 heteroatoms. The molecule has 0 spiro atoms. The monoisotopic (exact) mass is 378 g/mol. The largest absolute Gasteiger partial charge is 0.465 e. The Labute approximate surface area is 159 Å². The van der Waals surface area contributed by atoms with Crippen molar-refractivity contribution in [3.8, 4) is 0 Å². The third-order valence-corrected chi connectivity index (χ3v) is 4.64. The molecule has 2 rings (SSSR count). The number of benzene rings is 1. The molecular formula is C21H27FO5. The molecule has 0 radical (unpaired) electrons. The second kappa shape index (κ2) is 8.65. The molecule has 1 saturated heterocycles. The highest BCUT2D eigenvalue weighted by molar-refractivity contribution is 6.05. The molecule has 1 heterocycles. The molecule has 2 unspecified atom stereocenters. The predicted molar refractivity (Wildman–Crippen MR) is 98.3 cm³/mol. The third-order valence-electron chi connectivity index (χ3n) is 4.64. The lowest BCUT2D eigenvalue weighted by molar-refractivity contribution is -0.174. The van der Waals surface area contributed by atoms with Crippen LogP contribution in [-0.4, -0.2) is 31.3 Å². The summed E-state index contributed by atoms with van der Waals surface area (Å²) in [6.45, 7) is 11.6. The minimum absolute atomic E-state index is 0.0955. The molecule has 0 N–H and O–H groups in total. The Kier molecular flexibility index (Phi) is 6.76. The van der Waals surface area contributed by atoms with Gasteiger partial charge in [-0.3, -0.25) is 9.59 Å². The molecule has 1 fully saturated rings. The molecule has 1 aromatic carbocycles. The first-order valence-corrected chi connectivity index (χ1v) is 9.23. The van der Waals surface area contributed by atoms with Crippen molar-refractivity contribution >= 4 is 11.9 Å². The Hall–Kier alpha value is -2.21. The molecule has 0 aliphatic carbocycles. The molecule has 0 aromatic heterocycles. The van der Waals surface area contributed by atoms with Crippen LogP contribution in [0.2, 0.25) is 0 Å². The highest BCUT2D eigenvalue weighted by atomic mass is 19.1. The summed E-state index contributed by atoms with van der Waals surface area (Å²) in [5.41, 5.74) is -1.00. The number of hydrogen-bond acceptors (Lipinski definition) is 5. The first-order valence-electron chi connectivity index (χ1n) is 9.23. The second-order valence-electron chi connectivity index (χ2n) is 6.96. The van der Waals surface area contributed by atoms with Crippen LogP contribution in [0.25, 0.3) is 0 Å². The van der Waals surface area contributed by atoms with E-state index in [0.29, 0.717) is 17.6 Å². The van der Waals surface area contributed by atoms with Crippen molar-refractivity contribution in [2.75, 3.05) is 13.2 Å². The zero-order valence-electron chi connectivity index (χ0n) is 16.3. The van der Waals surface area contributed by atoms with Crippen LogP contribution in [0.5, 0.6) is 0 Å². The number of hydrogen-bond donors (Lipinski definition) is 0. The molecule has 1 aliphatic rings. The first kappa shape index (κ1) is 21.1. The Bertz CT molecular complexity index is 677. The van der Waals surface area contributed by atoms with E-state index in [-0.39, 0.29) is 19.1 Å². The summed E-state index contributed by atoms with van der Waals surface area (Å²) in [5, 5.41) is 0. The standard InChI is InChI=1S/C21H27FO5/c1-6-25-19(23)21(20(24)26-7-2)14(5)17(12-13(3)4)27-18(21)15-8-10-16(22)11-9-15/h8-11,13,17-18H,5-7,12H2,1-4H3. The summed E-state index contributed by atoms with van der Waals surface area (Å²) in [7, 11) is 0. The predicted octanol–water partition coefficient (Wildman–Crippen LogP) is 3.98. The zero-order valence-corrected chi connectivity index (χ0v) is 16.3. The van der Waals surface area contributed by atoms with Gasteiger partial charge in [0.25, 0.3) is 0 Å². The van der Waals surface area contributed by atoms with Gasteiger partial charge in [0, 0.05) is 0 Å². The Morgan fingerprint density at radius 1 is 1.15 bits per heavy atom. The third kappa shape index (κ3) is 3.90. The zero-order chi connectivity index (χ0) is 20.2. The van der Waals surface area contributed by atoms with Gasteiger partial charge in [-0.15, -0.1) is 0 Å². The quantitative estimate of drug-likeness (QED) is 0.408. The van der Waals surface area contributed by atoms with Gasteiger partial charge in [0.15, 0.2) is 0 Å². The number of halogens is 1. The smallest absolute Gasteiger partial charge is 0.330 e. The van der Waals surface area contributed by atoms with E-state index in [1.165, 1.54) is 24.3 Å². The van der Waals surface area contributed by atoms with E-state index in [0.717, 1.165) is 0 Å². The maximum atomic E-state index is 13.4. The second-order valence-corrected chi connectivity index (χ2v) is 6.96. The number of rotatable bonds is 7. The average Bonchev–Trinajstić information content (AvgIpc) is 2.89. The average molecular weight is 378 g/mol. The lowest BCUT2D eigenvalue weighted by atomic mass is 9.73. The van der Waals surface area contributed by atoms with Gasteiger partial charge in [-0.25, -0.2) is 4.39 Å². The normalized spacial score (nSPS) is 21.3. The molecule has 1 aromatic rings. The lowest BCUT2D eigenvalue weighted by Crippen LogP contribution is -2.45. The van der Waals surface area contributed by atoms with Crippen LogP contribution in [0.1, 0.15) is 45.8 Å². The fourth-order valence-corrected chi connectivity index (χ4v) is 3.41. The van der Waals surface area contributed by atoms with Crippen molar-refractivity contribution < 1.29 is 28.2 Å². The van der Waals surface area contributed by atoms with E-state index in [2.05, 4.69) is 6.58 Å². The topological polar surface area (TPSA) is 61.8 Å². The maximum Gasteiger partial charge on any atom is 0.330 e. The summed E-state index contributed by atoms with van der Waals surface area (Å²) >= 11 is 0. The van der Waals surface area contributed by atoms with E-state index in [4.69, 9.17) is 14.2 Å². The maximum absolute atomic E-state index is 13.4. The van der Waals surface area contributed by atoms with Crippen LogP contribution in [0.4, 0.5) is 4.39 Å². The van der Waals surface area contributed by atoms with Gasteiger partial charge >= 0.3 is 11.9 Å². The summed E-state index contributed by atoms with van der Waals surface area (Å²) in [6.07, 6.45) is -0.932. The molecule has 0 amide bonds. The van der Waals surface area contributed by atoms with Crippen molar-refractivity contribution in [2.24, 2.45) is 11.3 Å². The summed E-state index contributed by atoms with van der Waals surface area (Å²) in [4.78, 5) is 26.1. The highest BCUT2D eigenvalue weighted by Gasteiger charge is 2.64. The van der Waals surface area contributed by atoms with E-state index < -0.39 is 35.4 Å². The molecule has 27 heavy (non-hydrogen) atoms. The molecule has 148 valence electrons. The molecule has 2 atom stereocenters. The van der Waals surface area contributed by atoms with Crippen molar-refractivity contribution in [3.63, 3.8) is 0 Å². The first-order chi connectivity index (χ1) is 12.8. The Balaban J connectivity index is 2.62. The molecule has 1 aliphatic heterocycles. The van der Waals surface area contributed by atoms with Crippen LogP contribution in [-0.2, 0) is 23.8 Å². The van der Waals surface area contributed by atoms with Gasteiger partial charge in [0.2, 0.25) is 5.41 Å². The molecular weight excluding hydrogens is 351 g/mol. The summed E-state index contributed by atoms with van der Waals surface area (Å²) in [6, 6.07) is 5.52. The highest BCUT2D eigenvalue weighted by Crippen LogP contribution is 2.54. The van der Waals surface area contributed by atoms with E-state index >= 15 is 0 Å². The minimum atomic E-state index is -1.82. The van der Waals surface area contributed by atoms with Crippen molar-refractivity contribution in [2.45, 2.75) is 46.3 Å². The lowest BCUT2D eigenvalue weighted by Gasteiger charge is -2.30. The van der Waals surface area contributed by atoms with Gasteiger partial charge in [-0.2, -0.15) is 0 Å². The fourth-order valence-electron chi connectivity index (χ4n) is 3.41. The number of esters is 2. The SMILES string of the molecule is C=C1C(CC(C)C)OC(c2ccc(F)cc2)C1(C(=O)OCC)C(=O)OCC. The van der Waals surface area contributed by atoms with E-state index in [1.54, 1.807) is 13.8 Å². The van der Waals surface area contributed by atoms with Crippen LogP contribution < -0.4 is 0 Å². The van der Waals surface area contributed by atoms with Crippen LogP contribution in [0, 0.1) is 17.2 Å². The van der Waals surface area contributed by atoms with Gasteiger partial charge in [-0.05, 0) is 49.5 Å². The Morgan fingerprint density at radius 3 is 2.11 bits per heavy atom. The van der Waals surface area contributed by atoms with Crippen molar-refractivity contribution in [1.29, 1.82) is 0 Å². The number of ether oxygens (including phenoxy) is 3. The van der Waals surface area contributed by atoms with E-state index in [1.807, 2.05) is 13.8 Å². The van der Waals surface area contributed by atoms with Crippen LogP contribution in [0.3, 0.4) is 0 Å². The van der Waals surface area contributed by atoms with Gasteiger partial charge in [-0.1, -0.05) is 32.6 Å². The van der Waals surface area contributed by atoms with E-state index in [9.17, 15) is 14.0 Å². The summed E-state index contributed by atoms with van der Waals surface area (Å²) < 4.78 is 30.0. The fraction of sp³-hybridized carbons (Fsp3) is 0.524. The van der Waals surface area contributed by atoms with Crippen LogP contribution in [0.15, 0.2) is 36.4 Å². The van der Waals surface area contributed by atoms with Crippen molar-refractivity contribution in [1.82, 2.24) is 0 Å². The van der Waals surface area contributed by atoms with Gasteiger partial charge in [0.1, 0.15) is 11.9 Å². The molecule has 0 bridgehead atoms.